The number of carbonyl (C=O) groups excluding carboxylic acids is 1. The maximum atomic E-state index is 11.7. The molecule has 1 rings (SSSR count). The number of hydrogen-bond acceptors (Lipinski definition) is 4. The van der Waals surface area contributed by atoms with E-state index in [1.807, 2.05) is 6.07 Å². The first kappa shape index (κ1) is 15.9. The van der Waals surface area contributed by atoms with Gasteiger partial charge in [-0.15, -0.1) is 0 Å². The van der Waals surface area contributed by atoms with Crippen LogP contribution in [0.25, 0.3) is 0 Å². The Labute approximate surface area is 123 Å². The van der Waals surface area contributed by atoms with E-state index < -0.39 is 18.0 Å². The lowest BCUT2D eigenvalue weighted by atomic mass is 10.2. The van der Waals surface area contributed by atoms with Gasteiger partial charge in [0.1, 0.15) is 12.1 Å². The molecule has 0 heterocycles. The van der Waals surface area contributed by atoms with Gasteiger partial charge in [-0.2, -0.15) is 5.26 Å². The highest BCUT2D eigenvalue weighted by Crippen LogP contribution is 2.20. The number of nitrogens with one attached hydrogen (secondary N) is 2. The van der Waals surface area contributed by atoms with Crippen LogP contribution in [0.1, 0.15) is 12.0 Å². The Morgan fingerprint density at radius 3 is 2.70 bits per heavy atom. The van der Waals surface area contributed by atoms with Crippen molar-refractivity contribution in [2.75, 3.05) is 11.9 Å². The third-order valence-electron chi connectivity index (χ3n) is 2.37. The summed E-state index contributed by atoms with van der Waals surface area (Å²) in [6.45, 7) is -0.364. The van der Waals surface area contributed by atoms with E-state index in [2.05, 4.69) is 26.6 Å². The van der Waals surface area contributed by atoms with Crippen molar-refractivity contribution in [3.05, 3.63) is 28.2 Å². The number of hydrogen-bond donors (Lipinski definition) is 4. The van der Waals surface area contributed by atoms with Crippen molar-refractivity contribution in [1.82, 2.24) is 5.32 Å². The maximum Gasteiger partial charge on any atom is 0.326 e. The molecule has 0 aliphatic heterocycles. The van der Waals surface area contributed by atoms with Crippen molar-refractivity contribution in [3.63, 3.8) is 0 Å². The van der Waals surface area contributed by atoms with E-state index in [4.69, 9.17) is 15.5 Å². The summed E-state index contributed by atoms with van der Waals surface area (Å²) in [5.41, 5.74) is 0.505. The fourth-order valence-corrected chi connectivity index (χ4v) is 1.78. The first-order chi connectivity index (χ1) is 9.47. The van der Waals surface area contributed by atoms with Gasteiger partial charge >= 0.3 is 12.0 Å². The van der Waals surface area contributed by atoms with E-state index in [0.717, 1.165) is 0 Å². The Bertz CT molecular complexity index is 556. The highest BCUT2D eigenvalue weighted by Gasteiger charge is 2.19. The Kier molecular flexibility index (Phi) is 5.96. The van der Waals surface area contributed by atoms with Crippen LogP contribution in [-0.2, 0) is 4.79 Å². The first-order valence-electron chi connectivity index (χ1n) is 5.58. The largest absolute Gasteiger partial charge is 0.480 e. The Balaban J connectivity index is 2.78. The summed E-state index contributed by atoms with van der Waals surface area (Å²) in [6, 6.07) is 4.64. The van der Waals surface area contributed by atoms with Crippen LogP contribution in [0.2, 0.25) is 0 Å². The van der Waals surface area contributed by atoms with E-state index >= 15 is 0 Å². The summed E-state index contributed by atoms with van der Waals surface area (Å²) in [4.78, 5) is 22.5. The van der Waals surface area contributed by atoms with Gasteiger partial charge in [0.2, 0.25) is 0 Å². The smallest absolute Gasteiger partial charge is 0.326 e. The van der Waals surface area contributed by atoms with Crippen LogP contribution in [0.4, 0.5) is 10.5 Å². The SMILES string of the molecule is N#Cc1ccc(Br)cc1NC(=O)N[C@@H](CCO)C(=O)O. The molecule has 0 unspecified atom stereocenters. The van der Waals surface area contributed by atoms with Gasteiger partial charge in [0.25, 0.3) is 0 Å². The van der Waals surface area contributed by atoms with Crippen molar-refractivity contribution < 1.29 is 19.8 Å². The molecule has 20 heavy (non-hydrogen) atoms. The molecule has 0 aromatic heterocycles. The zero-order chi connectivity index (χ0) is 15.1. The second-order valence-corrected chi connectivity index (χ2v) is 4.72. The van der Waals surface area contributed by atoms with Crippen LogP contribution in [-0.4, -0.2) is 34.9 Å². The molecule has 0 saturated heterocycles. The lowest BCUT2D eigenvalue weighted by Gasteiger charge is -2.14. The highest BCUT2D eigenvalue weighted by atomic mass is 79.9. The topological polar surface area (TPSA) is 122 Å². The number of carbonyl (C=O) groups is 2. The van der Waals surface area contributed by atoms with Crippen LogP contribution in [0.3, 0.4) is 0 Å². The second-order valence-electron chi connectivity index (χ2n) is 3.80. The van der Waals surface area contributed by atoms with E-state index in [9.17, 15) is 9.59 Å². The highest BCUT2D eigenvalue weighted by molar-refractivity contribution is 9.10. The van der Waals surface area contributed by atoms with Gasteiger partial charge in [-0.05, 0) is 18.2 Å². The number of amides is 2. The first-order valence-corrected chi connectivity index (χ1v) is 6.38. The molecule has 1 aromatic carbocycles. The number of aliphatic hydroxyl groups is 1. The molecule has 0 spiro atoms. The molecule has 0 saturated carbocycles. The van der Waals surface area contributed by atoms with Crippen molar-refractivity contribution in [2.45, 2.75) is 12.5 Å². The number of urea groups is 1. The summed E-state index contributed by atoms with van der Waals surface area (Å²) in [6.07, 6.45) is -0.105. The van der Waals surface area contributed by atoms with Gasteiger partial charge in [-0.3, -0.25) is 0 Å². The number of halogens is 1. The van der Waals surface area contributed by atoms with Gasteiger partial charge in [0.05, 0.1) is 11.3 Å². The normalized spacial score (nSPS) is 11.2. The van der Waals surface area contributed by atoms with Gasteiger partial charge in [-0.25, -0.2) is 9.59 Å². The van der Waals surface area contributed by atoms with E-state index in [1.165, 1.54) is 12.1 Å². The van der Waals surface area contributed by atoms with Crippen LogP contribution >= 0.6 is 15.9 Å². The zero-order valence-electron chi connectivity index (χ0n) is 10.3. The van der Waals surface area contributed by atoms with Gasteiger partial charge < -0.3 is 20.8 Å². The summed E-state index contributed by atoms with van der Waals surface area (Å²) >= 11 is 3.21. The van der Waals surface area contributed by atoms with E-state index in [1.54, 1.807) is 6.07 Å². The number of aliphatic carboxylic acids is 1. The summed E-state index contributed by atoms with van der Waals surface area (Å²) in [5, 5.41) is 31.1. The molecule has 7 nitrogen and oxygen atoms in total. The zero-order valence-corrected chi connectivity index (χ0v) is 11.8. The fraction of sp³-hybridized carbons (Fsp3) is 0.250. The van der Waals surface area contributed by atoms with Crippen molar-refractivity contribution in [3.8, 4) is 6.07 Å². The third kappa shape index (κ3) is 4.53. The fourth-order valence-electron chi connectivity index (χ4n) is 1.42. The minimum Gasteiger partial charge on any atom is -0.480 e. The minimum atomic E-state index is -1.25. The summed E-state index contributed by atoms with van der Waals surface area (Å²) < 4.78 is 0.664. The van der Waals surface area contributed by atoms with Gasteiger partial charge in [-0.1, -0.05) is 15.9 Å². The predicted molar refractivity (Wildman–Crippen MR) is 74.1 cm³/mol. The number of rotatable bonds is 5. The van der Waals surface area contributed by atoms with E-state index in [-0.39, 0.29) is 24.3 Å². The quantitative estimate of drug-likeness (QED) is 0.642. The molecule has 0 aliphatic rings. The standard InChI is InChI=1S/C12H12BrN3O4/c13-8-2-1-7(6-14)10(5-8)16-12(20)15-9(3-4-17)11(18)19/h1-2,5,9,17H,3-4H2,(H,18,19)(H2,15,16,20)/t9-/m0/s1. The average Bonchev–Trinajstić information content (AvgIpc) is 2.38. The number of nitrogens with zero attached hydrogens (tertiary/aromatic N) is 1. The Morgan fingerprint density at radius 2 is 2.15 bits per heavy atom. The van der Waals surface area contributed by atoms with Crippen LogP contribution in [0, 0.1) is 11.3 Å². The Morgan fingerprint density at radius 1 is 1.45 bits per heavy atom. The van der Waals surface area contributed by atoms with Gasteiger partial charge in [0, 0.05) is 17.5 Å². The molecule has 0 radical (unpaired) electrons. The molecule has 1 aromatic rings. The van der Waals surface area contributed by atoms with Crippen molar-refractivity contribution in [2.24, 2.45) is 0 Å². The molecule has 1 atom stereocenters. The summed E-state index contributed by atoms with van der Waals surface area (Å²) in [5.74, 6) is -1.25. The van der Waals surface area contributed by atoms with Crippen molar-refractivity contribution in [1.29, 1.82) is 5.26 Å². The molecule has 8 heteroatoms. The number of carboxylic acids is 1. The molecule has 0 bridgehead atoms. The molecule has 0 aliphatic carbocycles. The molecular weight excluding hydrogens is 330 g/mol. The monoisotopic (exact) mass is 341 g/mol. The lowest BCUT2D eigenvalue weighted by molar-refractivity contribution is -0.139. The van der Waals surface area contributed by atoms with Crippen LogP contribution in [0.15, 0.2) is 22.7 Å². The molecule has 106 valence electrons. The Hall–Kier alpha value is -2.11. The number of aliphatic hydroxyl groups excluding tert-OH is 1. The van der Waals surface area contributed by atoms with Gasteiger partial charge in [0.15, 0.2) is 0 Å². The lowest BCUT2D eigenvalue weighted by Crippen LogP contribution is -2.43. The second kappa shape index (κ2) is 7.47. The number of anilines is 1. The third-order valence-corrected chi connectivity index (χ3v) is 2.86. The number of nitriles is 1. The molecule has 0 fully saturated rings. The number of carboxylic acid groups (broad SMARTS) is 1. The molecule has 4 N–H and O–H groups in total. The van der Waals surface area contributed by atoms with Crippen LogP contribution < -0.4 is 10.6 Å². The van der Waals surface area contributed by atoms with Crippen molar-refractivity contribution >= 4 is 33.6 Å². The predicted octanol–water partition coefficient (Wildman–Crippen LogP) is 1.28. The maximum absolute atomic E-state index is 11.7. The van der Waals surface area contributed by atoms with Crippen LogP contribution in [0.5, 0.6) is 0 Å². The summed E-state index contributed by atoms with van der Waals surface area (Å²) in [7, 11) is 0. The number of benzene rings is 1. The molecular formula is C12H12BrN3O4. The minimum absolute atomic E-state index is 0.105. The van der Waals surface area contributed by atoms with E-state index in [0.29, 0.717) is 4.47 Å². The average molecular weight is 342 g/mol. The molecule has 2 amide bonds.